The van der Waals surface area contributed by atoms with E-state index in [1.807, 2.05) is 18.2 Å². The SMILES string of the molecule is COc1ccc(C(=O)N(C)[C@@H]2CCc3ccccc32)cc1S(=O)(=O)NC(C)C. The Kier molecular flexibility index (Phi) is 5.76. The molecule has 0 bridgehead atoms. The van der Waals surface area contributed by atoms with E-state index in [-0.39, 0.29) is 28.6 Å². The second kappa shape index (κ2) is 7.93. The fraction of sp³-hybridized carbons (Fsp3) is 0.381. The van der Waals surface area contributed by atoms with E-state index >= 15 is 0 Å². The van der Waals surface area contributed by atoms with Gasteiger partial charge < -0.3 is 9.64 Å². The quantitative estimate of drug-likeness (QED) is 0.805. The van der Waals surface area contributed by atoms with Crippen molar-refractivity contribution in [2.45, 2.75) is 43.7 Å². The predicted molar refractivity (Wildman–Crippen MR) is 108 cm³/mol. The molecule has 2 aromatic carbocycles. The lowest BCUT2D eigenvalue weighted by atomic mass is 10.1. The summed E-state index contributed by atoms with van der Waals surface area (Å²) < 4.78 is 33.1. The summed E-state index contributed by atoms with van der Waals surface area (Å²) in [5.41, 5.74) is 2.73. The zero-order valence-corrected chi connectivity index (χ0v) is 17.4. The van der Waals surface area contributed by atoms with E-state index in [1.165, 1.54) is 24.8 Å². The van der Waals surface area contributed by atoms with Crippen molar-refractivity contribution in [3.05, 3.63) is 59.2 Å². The Morgan fingerprint density at radius 3 is 2.61 bits per heavy atom. The molecule has 1 atom stereocenters. The molecular formula is C21H26N2O4S. The molecule has 0 unspecified atom stereocenters. The van der Waals surface area contributed by atoms with E-state index < -0.39 is 10.0 Å². The second-order valence-electron chi connectivity index (χ2n) is 7.31. The standard InChI is InChI=1S/C21H26N2O4S/c1-14(2)22-28(25,26)20-13-16(10-12-19(20)27-4)21(24)23(3)18-11-9-15-7-5-6-8-17(15)18/h5-8,10,12-14,18,22H,9,11H2,1-4H3/t18-/m1/s1. The van der Waals surface area contributed by atoms with Crippen LogP contribution in [0.1, 0.15) is 47.8 Å². The number of aryl methyl sites for hydroxylation is 1. The molecule has 2 aromatic rings. The van der Waals surface area contributed by atoms with E-state index in [2.05, 4.69) is 10.8 Å². The fourth-order valence-electron chi connectivity index (χ4n) is 3.68. The lowest BCUT2D eigenvalue weighted by Crippen LogP contribution is -2.32. The van der Waals surface area contributed by atoms with Gasteiger partial charge in [-0.1, -0.05) is 24.3 Å². The number of amides is 1. The van der Waals surface area contributed by atoms with Crippen molar-refractivity contribution in [1.29, 1.82) is 0 Å². The number of ether oxygens (including phenoxy) is 1. The summed E-state index contributed by atoms with van der Waals surface area (Å²) >= 11 is 0. The smallest absolute Gasteiger partial charge is 0.254 e. The summed E-state index contributed by atoms with van der Waals surface area (Å²) in [5.74, 6) is -0.0103. The molecule has 0 saturated heterocycles. The van der Waals surface area contributed by atoms with E-state index in [1.54, 1.807) is 31.9 Å². The van der Waals surface area contributed by atoms with Crippen molar-refractivity contribution >= 4 is 15.9 Å². The number of rotatable bonds is 6. The minimum Gasteiger partial charge on any atom is -0.495 e. The van der Waals surface area contributed by atoms with Gasteiger partial charge in [0.1, 0.15) is 10.6 Å². The second-order valence-corrected chi connectivity index (χ2v) is 8.99. The summed E-state index contributed by atoms with van der Waals surface area (Å²) in [6.07, 6.45) is 1.79. The van der Waals surface area contributed by atoms with Crippen LogP contribution in [0.3, 0.4) is 0 Å². The molecule has 0 fully saturated rings. The molecule has 7 heteroatoms. The highest BCUT2D eigenvalue weighted by Gasteiger charge is 2.30. The van der Waals surface area contributed by atoms with Gasteiger partial charge in [-0.25, -0.2) is 13.1 Å². The summed E-state index contributed by atoms with van der Waals surface area (Å²) in [4.78, 5) is 14.8. The van der Waals surface area contributed by atoms with Gasteiger partial charge in [0, 0.05) is 18.7 Å². The Balaban J connectivity index is 1.93. The molecule has 3 rings (SSSR count). The lowest BCUT2D eigenvalue weighted by Gasteiger charge is -2.26. The molecule has 6 nitrogen and oxygen atoms in total. The maximum atomic E-state index is 13.1. The van der Waals surface area contributed by atoms with Crippen molar-refractivity contribution in [2.75, 3.05) is 14.2 Å². The molecule has 0 aromatic heterocycles. The van der Waals surface area contributed by atoms with Crippen LogP contribution >= 0.6 is 0 Å². The summed E-state index contributed by atoms with van der Waals surface area (Å²) in [6, 6.07) is 12.4. The number of benzene rings is 2. The number of nitrogens with one attached hydrogen (secondary N) is 1. The molecule has 1 N–H and O–H groups in total. The van der Waals surface area contributed by atoms with Gasteiger partial charge in [0.15, 0.2) is 0 Å². The van der Waals surface area contributed by atoms with Crippen LogP contribution in [0.5, 0.6) is 5.75 Å². The van der Waals surface area contributed by atoms with Crippen molar-refractivity contribution in [3.63, 3.8) is 0 Å². The average molecular weight is 403 g/mol. The molecule has 150 valence electrons. The van der Waals surface area contributed by atoms with Gasteiger partial charge in [-0.15, -0.1) is 0 Å². The largest absolute Gasteiger partial charge is 0.495 e. The van der Waals surface area contributed by atoms with Crippen LogP contribution in [0.25, 0.3) is 0 Å². The van der Waals surface area contributed by atoms with Gasteiger partial charge in [0.2, 0.25) is 10.0 Å². The number of hydrogen-bond acceptors (Lipinski definition) is 4. The monoisotopic (exact) mass is 402 g/mol. The molecule has 0 spiro atoms. The highest BCUT2D eigenvalue weighted by molar-refractivity contribution is 7.89. The average Bonchev–Trinajstić information content (AvgIpc) is 3.09. The first-order valence-electron chi connectivity index (χ1n) is 9.30. The maximum Gasteiger partial charge on any atom is 0.254 e. The van der Waals surface area contributed by atoms with E-state index in [0.717, 1.165) is 18.4 Å². The molecule has 1 aliphatic carbocycles. The van der Waals surface area contributed by atoms with Crippen LogP contribution in [-0.2, 0) is 16.4 Å². The topological polar surface area (TPSA) is 75.7 Å². The number of sulfonamides is 1. The van der Waals surface area contributed by atoms with Crippen LogP contribution in [0.2, 0.25) is 0 Å². The number of carbonyl (C=O) groups excluding carboxylic acids is 1. The number of fused-ring (bicyclic) bond motifs is 1. The van der Waals surface area contributed by atoms with Crippen molar-refractivity contribution in [1.82, 2.24) is 9.62 Å². The number of hydrogen-bond donors (Lipinski definition) is 1. The number of methoxy groups -OCH3 is 1. The van der Waals surface area contributed by atoms with Crippen molar-refractivity contribution in [2.24, 2.45) is 0 Å². The number of carbonyl (C=O) groups is 1. The molecular weight excluding hydrogens is 376 g/mol. The van der Waals surface area contributed by atoms with E-state index in [0.29, 0.717) is 5.56 Å². The van der Waals surface area contributed by atoms with Gasteiger partial charge in [0.05, 0.1) is 13.2 Å². The van der Waals surface area contributed by atoms with Crippen LogP contribution in [0, 0.1) is 0 Å². The minimum atomic E-state index is -3.80. The van der Waals surface area contributed by atoms with E-state index in [9.17, 15) is 13.2 Å². The van der Waals surface area contributed by atoms with Gasteiger partial charge in [-0.05, 0) is 56.0 Å². The van der Waals surface area contributed by atoms with Gasteiger partial charge in [-0.2, -0.15) is 0 Å². The lowest BCUT2D eigenvalue weighted by molar-refractivity contribution is 0.0730. The third-order valence-corrected chi connectivity index (χ3v) is 6.66. The predicted octanol–water partition coefficient (Wildman–Crippen LogP) is 3.14. The Morgan fingerprint density at radius 1 is 1.21 bits per heavy atom. The molecule has 1 amide bonds. The Bertz CT molecular complexity index is 986. The van der Waals surface area contributed by atoms with Crippen LogP contribution in [-0.4, -0.2) is 39.4 Å². The highest BCUT2D eigenvalue weighted by atomic mass is 32.2. The Hall–Kier alpha value is -2.38. The van der Waals surface area contributed by atoms with Crippen molar-refractivity contribution < 1.29 is 17.9 Å². The third-order valence-electron chi connectivity index (χ3n) is 4.98. The fourth-order valence-corrected chi connectivity index (χ4v) is 5.12. The normalized spacial score (nSPS) is 16.1. The molecule has 1 aliphatic rings. The summed E-state index contributed by atoms with van der Waals surface area (Å²) in [5, 5.41) is 0. The first kappa shape index (κ1) is 20.4. The zero-order chi connectivity index (χ0) is 20.5. The molecule has 0 aliphatic heterocycles. The zero-order valence-electron chi connectivity index (χ0n) is 16.6. The maximum absolute atomic E-state index is 13.1. The van der Waals surface area contributed by atoms with Gasteiger partial charge in [0.25, 0.3) is 5.91 Å². The Morgan fingerprint density at radius 2 is 1.93 bits per heavy atom. The molecule has 28 heavy (non-hydrogen) atoms. The molecule has 0 saturated carbocycles. The summed E-state index contributed by atoms with van der Waals surface area (Å²) in [6.45, 7) is 3.48. The summed E-state index contributed by atoms with van der Waals surface area (Å²) in [7, 11) is -0.624. The van der Waals surface area contributed by atoms with Crippen LogP contribution in [0.4, 0.5) is 0 Å². The van der Waals surface area contributed by atoms with Gasteiger partial charge >= 0.3 is 0 Å². The third kappa shape index (κ3) is 3.91. The Labute approximate surface area is 166 Å². The number of nitrogens with zero attached hydrogens (tertiary/aromatic N) is 1. The van der Waals surface area contributed by atoms with Crippen molar-refractivity contribution in [3.8, 4) is 5.75 Å². The van der Waals surface area contributed by atoms with Gasteiger partial charge in [-0.3, -0.25) is 4.79 Å². The minimum absolute atomic E-state index is 0.0142. The first-order valence-corrected chi connectivity index (χ1v) is 10.8. The van der Waals surface area contributed by atoms with E-state index in [4.69, 9.17) is 4.74 Å². The first-order chi connectivity index (χ1) is 13.2. The highest BCUT2D eigenvalue weighted by Crippen LogP contribution is 2.36. The molecule has 0 heterocycles. The molecule has 0 radical (unpaired) electrons. The van der Waals surface area contributed by atoms with Crippen LogP contribution in [0.15, 0.2) is 47.4 Å². The van der Waals surface area contributed by atoms with Crippen LogP contribution < -0.4 is 9.46 Å².